The van der Waals surface area contributed by atoms with E-state index < -0.39 is 38.1 Å². The van der Waals surface area contributed by atoms with Gasteiger partial charge in [0.15, 0.2) is 29.3 Å². The van der Waals surface area contributed by atoms with Gasteiger partial charge in [0, 0.05) is 5.19 Å². The molecule has 0 unspecified atom stereocenters. The van der Waals surface area contributed by atoms with Gasteiger partial charge < -0.3 is 12.3 Å². The van der Waals surface area contributed by atoms with Crippen molar-refractivity contribution in [1.29, 1.82) is 0 Å². The molecule has 7 heteroatoms. The second-order valence-corrected chi connectivity index (χ2v) is 14.5. The van der Waals surface area contributed by atoms with Crippen LogP contribution in [0.25, 0.3) is 6.08 Å². The molecule has 0 fully saturated rings. The molecule has 0 atom stereocenters. The Hall–Kier alpha value is -1.07. The van der Waals surface area contributed by atoms with Gasteiger partial charge in [-0.25, -0.2) is 0 Å². The molecule has 0 spiro atoms. The lowest BCUT2D eigenvalue weighted by molar-refractivity contribution is 0.308. The van der Waals surface area contributed by atoms with Gasteiger partial charge in [-0.15, -0.1) is 0 Å². The normalized spacial score (nSPS) is 14.0. The Labute approximate surface area is 173 Å². The van der Waals surface area contributed by atoms with Crippen molar-refractivity contribution in [1.82, 2.24) is 0 Å². The van der Waals surface area contributed by atoms with E-state index in [-0.39, 0.29) is 0 Å². The molecular formula is C20H34O3Si4. The van der Waals surface area contributed by atoms with E-state index >= 15 is 0 Å². The Morgan fingerprint density at radius 2 is 1.26 bits per heavy atom. The van der Waals surface area contributed by atoms with E-state index in [1.807, 2.05) is 18.2 Å². The lowest BCUT2D eigenvalue weighted by Gasteiger charge is -2.31. The molecule has 0 aliphatic rings. The summed E-state index contributed by atoms with van der Waals surface area (Å²) in [6.45, 7) is 16.5. The first-order valence-corrected chi connectivity index (χ1v) is 15.2. The first kappa shape index (κ1) is 24.0. The smallest absolute Gasteiger partial charge is 0.415 e. The Balaban J connectivity index is 3.28. The highest BCUT2D eigenvalue weighted by molar-refractivity contribution is 6.85. The van der Waals surface area contributed by atoms with Crippen LogP contribution in [0.3, 0.4) is 0 Å². The molecule has 148 valence electrons. The summed E-state index contributed by atoms with van der Waals surface area (Å²) in [5, 5.41) is 1.05. The highest BCUT2D eigenvalue weighted by Crippen LogP contribution is 2.13. The third-order valence-corrected chi connectivity index (χ3v) is 14.3. The van der Waals surface area contributed by atoms with Crippen LogP contribution in [0.5, 0.6) is 0 Å². The van der Waals surface area contributed by atoms with Gasteiger partial charge in [0.1, 0.15) is 0 Å². The van der Waals surface area contributed by atoms with Gasteiger partial charge in [-0.1, -0.05) is 64.7 Å². The molecule has 1 aromatic rings. The van der Waals surface area contributed by atoms with Crippen LogP contribution >= 0.6 is 0 Å². The van der Waals surface area contributed by atoms with Gasteiger partial charge >= 0.3 is 8.80 Å². The zero-order chi connectivity index (χ0) is 20.3. The minimum absolute atomic E-state index is 0.870. The highest BCUT2D eigenvalue weighted by atomic mass is 28.5. The SMILES string of the molecule is C=Cc1cccc([Si](O[SiH2]C=C(C)C)(O[SiH2]C=C(C)C)O[SiH2]C=C(C)C)c1. The van der Waals surface area contributed by atoms with Crippen molar-refractivity contribution in [3.8, 4) is 0 Å². The van der Waals surface area contributed by atoms with Gasteiger partial charge in [0.2, 0.25) is 0 Å². The predicted octanol–water partition coefficient (Wildman–Crippen LogP) is 2.55. The molecule has 0 amide bonds. The van der Waals surface area contributed by atoms with Crippen LogP contribution in [0.4, 0.5) is 0 Å². The van der Waals surface area contributed by atoms with Crippen molar-refractivity contribution in [3.63, 3.8) is 0 Å². The summed E-state index contributed by atoms with van der Waals surface area (Å²) in [5.41, 5.74) is 11.6. The Morgan fingerprint density at radius 1 is 0.815 bits per heavy atom. The number of benzene rings is 1. The van der Waals surface area contributed by atoms with Crippen LogP contribution in [-0.2, 0) is 12.3 Å². The molecule has 0 saturated heterocycles. The summed E-state index contributed by atoms with van der Waals surface area (Å²) < 4.78 is 19.6. The Morgan fingerprint density at radius 3 is 1.63 bits per heavy atom. The molecule has 0 aliphatic heterocycles. The molecule has 0 aromatic heterocycles. The second-order valence-electron chi connectivity index (χ2n) is 7.16. The van der Waals surface area contributed by atoms with Crippen LogP contribution in [0, 0.1) is 0 Å². The number of hydrogen-bond donors (Lipinski definition) is 0. The van der Waals surface area contributed by atoms with Gasteiger partial charge in [-0.2, -0.15) is 0 Å². The quantitative estimate of drug-likeness (QED) is 0.501. The van der Waals surface area contributed by atoms with E-state index in [0.717, 1.165) is 10.8 Å². The van der Waals surface area contributed by atoms with Gasteiger partial charge in [0.25, 0.3) is 0 Å². The molecule has 0 N–H and O–H groups in total. The monoisotopic (exact) mass is 434 g/mol. The second kappa shape index (κ2) is 12.4. The largest absolute Gasteiger partial charge is 0.505 e. The van der Waals surface area contributed by atoms with Crippen LogP contribution < -0.4 is 5.19 Å². The molecule has 0 aliphatic carbocycles. The van der Waals surface area contributed by atoms with Gasteiger partial charge in [-0.05, 0) is 53.2 Å². The van der Waals surface area contributed by atoms with Gasteiger partial charge in [0.05, 0.1) is 0 Å². The zero-order valence-corrected chi connectivity index (χ0v) is 22.9. The summed E-state index contributed by atoms with van der Waals surface area (Å²) >= 11 is 0. The molecular weight excluding hydrogens is 401 g/mol. The average Bonchev–Trinajstić information content (AvgIpc) is 2.60. The van der Waals surface area contributed by atoms with Crippen LogP contribution in [0.1, 0.15) is 47.1 Å². The van der Waals surface area contributed by atoms with E-state index in [1.165, 1.54) is 16.7 Å². The van der Waals surface area contributed by atoms with Crippen molar-refractivity contribution in [2.45, 2.75) is 41.5 Å². The van der Waals surface area contributed by atoms with E-state index in [0.29, 0.717) is 0 Å². The molecule has 1 rings (SSSR count). The average molecular weight is 435 g/mol. The number of hydrogen-bond acceptors (Lipinski definition) is 3. The molecule has 0 bridgehead atoms. The maximum absolute atomic E-state index is 6.52. The standard InChI is InChI=1S/C20H34O3Si4/c1-8-19-10-9-11-20(12-19)27(21-24-13-16(2)3,22-25-14-17(4)5)23-26-15-18(6)7/h8-15H,1,24-26H2,2-7H3. The highest BCUT2D eigenvalue weighted by Gasteiger charge is 2.42. The number of rotatable bonds is 11. The zero-order valence-electron chi connectivity index (χ0n) is 17.7. The predicted molar refractivity (Wildman–Crippen MR) is 129 cm³/mol. The third kappa shape index (κ3) is 9.11. The maximum atomic E-state index is 6.52. The first-order chi connectivity index (χ1) is 12.8. The number of allylic oxidation sites excluding steroid dienone is 3. The van der Waals surface area contributed by atoms with Crippen LogP contribution in [-0.4, -0.2) is 38.1 Å². The molecule has 27 heavy (non-hydrogen) atoms. The van der Waals surface area contributed by atoms with Crippen molar-refractivity contribution in [2.75, 3.05) is 0 Å². The van der Waals surface area contributed by atoms with Crippen molar-refractivity contribution in [3.05, 3.63) is 70.2 Å². The van der Waals surface area contributed by atoms with Crippen LogP contribution in [0.2, 0.25) is 0 Å². The summed E-state index contributed by atoms with van der Waals surface area (Å²) in [6, 6.07) is 8.29. The third-order valence-electron chi connectivity index (χ3n) is 3.77. The minimum atomic E-state index is -2.92. The fourth-order valence-electron chi connectivity index (χ4n) is 2.19. The van der Waals surface area contributed by atoms with Gasteiger partial charge in [-0.3, -0.25) is 0 Å². The molecule has 0 saturated carbocycles. The fraction of sp³-hybridized carbons (Fsp3) is 0.300. The minimum Gasteiger partial charge on any atom is -0.415 e. The molecule has 3 nitrogen and oxygen atoms in total. The summed E-state index contributed by atoms with van der Waals surface area (Å²) in [4.78, 5) is 0. The molecule has 1 aromatic carbocycles. The Bertz CT molecular complexity index is 644. The lowest BCUT2D eigenvalue weighted by atomic mass is 10.2. The lowest BCUT2D eigenvalue weighted by Crippen LogP contribution is -2.58. The fourth-order valence-corrected chi connectivity index (χ4v) is 12.7. The van der Waals surface area contributed by atoms with E-state index in [2.05, 4.69) is 77.4 Å². The topological polar surface area (TPSA) is 27.7 Å². The van der Waals surface area contributed by atoms with Crippen LogP contribution in [0.15, 0.2) is 64.7 Å². The van der Waals surface area contributed by atoms with E-state index in [1.54, 1.807) is 0 Å². The molecule has 0 heterocycles. The van der Waals surface area contributed by atoms with Crippen molar-refractivity contribution < 1.29 is 12.3 Å². The summed E-state index contributed by atoms with van der Waals surface area (Å²) in [7, 11) is -5.53. The van der Waals surface area contributed by atoms with E-state index in [4.69, 9.17) is 12.3 Å². The Kier molecular flexibility index (Phi) is 11.0. The molecule has 0 radical (unpaired) electrons. The summed E-state index contributed by atoms with van der Waals surface area (Å²) in [6.07, 6.45) is 1.86. The summed E-state index contributed by atoms with van der Waals surface area (Å²) in [5.74, 6) is 0. The van der Waals surface area contributed by atoms with Crippen molar-refractivity contribution >= 4 is 49.4 Å². The van der Waals surface area contributed by atoms with E-state index in [9.17, 15) is 0 Å². The first-order valence-electron chi connectivity index (χ1n) is 9.34. The maximum Gasteiger partial charge on any atom is 0.505 e. The van der Waals surface area contributed by atoms with Crippen molar-refractivity contribution in [2.24, 2.45) is 0 Å².